The summed E-state index contributed by atoms with van der Waals surface area (Å²) in [5.41, 5.74) is 3.41. The minimum Gasteiger partial charge on any atom is -0.493 e. The van der Waals surface area contributed by atoms with Gasteiger partial charge in [-0.3, -0.25) is 0 Å². The molecule has 0 bridgehead atoms. The van der Waals surface area contributed by atoms with Crippen LogP contribution in [0.1, 0.15) is 31.3 Å². The van der Waals surface area contributed by atoms with Gasteiger partial charge in [0.15, 0.2) is 28.1 Å². The van der Waals surface area contributed by atoms with Crippen LogP contribution in [0.15, 0.2) is 46.6 Å². The van der Waals surface area contributed by atoms with Gasteiger partial charge in [-0.2, -0.15) is 4.98 Å². The number of benzene rings is 2. The second-order valence-electron chi connectivity index (χ2n) is 7.73. The molecular formula is C25H28N4O5S. The summed E-state index contributed by atoms with van der Waals surface area (Å²) in [6.07, 6.45) is 0. The summed E-state index contributed by atoms with van der Waals surface area (Å²) in [5.74, 6) is 3.28. The van der Waals surface area contributed by atoms with E-state index >= 15 is 0 Å². The zero-order valence-electron chi connectivity index (χ0n) is 20.5. The van der Waals surface area contributed by atoms with E-state index < -0.39 is 0 Å². The maximum absolute atomic E-state index is 5.78. The van der Waals surface area contributed by atoms with Crippen LogP contribution in [0.5, 0.6) is 23.0 Å². The van der Waals surface area contributed by atoms with Gasteiger partial charge in [0.1, 0.15) is 0 Å². The summed E-state index contributed by atoms with van der Waals surface area (Å²) in [6, 6.07) is 10.9. The maximum Gasteiger partial charge on any atom is 0.258 e. The number of ether oxygens (including phenoxy) is 4. The van der Waals surface area contributed by atoms with Crippen molar-refractivity contribution in [3.05, 3.63) is 53.5 Å². The van der Waals surface area contributed by atoms with Crippen LogP contribution in [0.2, 0.25) is 0 Å². The van der Waals surface area contributed by atoms with Crippen molar-refractivity contribution in [1.29, 1.82) is 0 Å². The van der Waals surface area contributed by atoms with E-state index in [2.05, 4.69) is 10.5 Å². The lowest BCUT2D eigenvalue weighted by molar-refractivity contribution is 0.354. The summed E-state index contributed by atoms with van der Waals surface area (Å²) >= 11 is 5.66. The molecular weight excluding hydrogens is 468 g/mol. The standard InChI is InChI=1S/C25H28N4O5S/c1-7-29-14(2)21(22(26-25(29)35)15-8-10-17(30-3)19(12-15)32-5)24-27-23(28-34-24)16-9-11-18(31-4)20(13-16)33-6/h8-13,22H,7H2,1-6H3,(H,26,35). The van der Waals surface area contributed by atoms with E-state index in [0.717, 1.165) is 22.4 Å². The molecule has 1 aliphatic rings. The van der Waals surface area contributed by atoms with E-state index in [4.69, 9.17) is 40.7 Å². The molecule has 3 aromatic rings. The van der Waals surface area contributed by atoms with Gasteiger partial charge in [-0.15, -0.1) is 0 Å². The summed E-state index contributed by atoms with van der Waals surface area (Å²) < 4.78 is 27.5. The summed E-state index contributed by atoms with van der Waals surface area (Å²) in [6.45, 7) is 4.73. The van der Waals surface area contributed by atoms with Crippen molar-refractivity contribution in [3.8, 4) is 34.4 Å². The fourth-order valence-corrected chi connectivity index (χ4v) is 4.53. The van der Waals surface area contributed by atoms with Gasteiger partial charge in [-0.05, 0) is 62.0 Å². The van der Waals surface area contributed by atoms with E-state index in [9.17, 15) is 0 Å². The van der Waals surface area contributed by atoms with E-state index in [0.29, 0.717) is 46.4 Å². The number of hydrogen-bond donors (Lipinski definition) is 1. The van der Waals surface area contributed by atoms with Crippen molar-refractivity contribution in [3.63, 3.8) is 0 Å². The van der Waals surface area contributed by atoms with Gasteiger partial charge in [-0.1, -0.05) is 11.2 Å². The van der Waals surface area contributed by atoms with Gasteiger partial charge in [0, 0.05) is 17.8 Å². The number of aromatic nitrogens is 2. The first-order valence-electron chi connectivity index (χ1n) is 11.0. The molecule has 0 spiro atoms. The number of nitrogens with one attached hydrogen (secondary N) is 1. The van der Waals surface area contributed by atoms with Gasteiger partial charge in [0.25, 0.3) is 5.89 Å². The first-order chi connectivity index (χ1) is 16.9. The van der Waals surface area contributed by atoms with Crippen LogP contribution < -0.4 is 24.3 Å². The van der Waals surface area contributed by atoms with Gasteiger partial charge < -0.3 is 33.7 Å². The number of rotatable bonds is 8. The van der Waals surface area contributed by atoms with E-state index in [1.807, 2.05) is 49.1 Å². The van der Waals surface area contributed by atoms with E-state index in [-0.39, 0.29) is 6.04 Å². The summed E-state index contributed by atoms with van der Waals surface area (Å²) in [4.78, 5) is 6.74. The second kappa shape index (κ2) is 10.2. The van der Waals surface area contributed by atoms with Crippen LogP contribution >= 0.6 is 12.2 Å². The Kier molecular flexibility index (Phi) is 7.11. The van der Waals surface area contributed by atoms with Crippen molar-refractivity contribution >= 4 is 22.9 Å². The molecule has 2 aromatic carbocycles. The Balaban J connectivity index is 1.80. The number of nitrogens with zero attached hydrogens (tertiary/aromatic N) is 3. The molecule has 35 heavy (non-hydrogen) atoms. The highest BCUT2D eigenvalue weighted by atomic mass is 32.1. The number of hydrogen-bond acceptors (Lipinski definition) is 8. The van der Waals surface area contributed by atoms with Crippen molar-refractivity contribution < 1.29 is 23.5 Å². The average Bonchev–Trinajstić information content (AvgIpc) is 3.37. The molecule has 0 saturated carbocycles. The molecule has 0 fully saturated rings. The predicted octanol–water partition coefficient (Wildman–Crippen LogP) is 4.45. The molecule has 184 valence electrons. The summed E-state index contributed by atoms with van der Waals surface area (Å²) in [5, 5.41) is 8.29. The van der Waals surface area contributed by atoms with Gasteiger partial charge in [0.2, 0.25) is 5.82 Å². The lowest BCUT2D eigenvalue weighted by atomic mass is 9.94. The maximum atomic E-state index is 5.78. The molecule has 0 amide bonds. The molecule has 1 N–H and O–H groups in total. The molecule has 4 rings (SSSR count). The van der Waals surface area contributed by atoms with Crippen LogP contribution in [-0.2, 0) is 0 Å². The molecule has 1 unspecified atom stereocenters. The smallest absolute Gasteiger partial charge is 0.258 e. The molecule has 0 radical (unpaired) electrons. The highest BCUT2D eigenvalue weighted by molar-refractivity contribution is 7.80. The van der Waals surface area contributed by atoms with Crippen LogP contribution in [0.4, 0.5) is 0 Å². The third kappa shape index (κ3) is 4.49. The van der Waals surface area contributed by atoms with Crippen molar-refractivity contribution in [2.45, 2.75) is 19.9 Å². The Morgan fingerprint density at radius 1 is 0.943 bits per heavy atom. The lowest BCUT2D eigenvalue weighted by Crippen LogP contribution is -2.45. The molecule has 9 nitrogen and oxygen atoms in total. The van der Waals surface area contributed by atoms with Crippen molar-refractivity contribution in [2.24, 2.45) is 0 Å². The SMILES string of the molecule is CCN1C(=S)NC(c2ccc(OC)c(OC)c2)C(c2nc(-c3ccc(OC)c(OC)c3)no2)=C1C. The monoisotopic (exact) mass is 496 g/mol. The minimum atomic E-state index is -0.330. The summed E-state index contributed by atoms with van der Waals surface area (Å²) in [7, 11) is 6.39. The number of allylic oxidation sites excluding steroid dienone is 1. The highest BCUT2D eigenvalue weighted by Gasteiger charge is 2.34. The Hall–Kier alpha value is -3.79. The van der Waals surface area contributed by atoms with E-state index in [1.165, 1.54) is 0 Å². The molecule has 2 heterocycles. The first-order valence-corrected chi connectivity index (χ1v) is 11.4. The average molecular weight is 497 g/mol. The van der Waals surface area contributed by atoms with Crippen molar-refractivity contribution in [2.75, 3.05) is 35.0 Å². The molecule has 1 aliphatic heterocycles. The van der Waals surface area contributed by atoms with Gasteiger partial charge in [0.05, 0.1) is 40.1 Å². The van der Waals surface area contributed by atoms with Crippen molar-refractivity contribution in [1.82, 2.24) is 20.4 Å². The molecule has 1 aromatic heterocycles. The van der Waals surface area contributed by atoms with E-state index in [1.54, 1.807) is 34.5 Å². The van der Waals surface area contributed by atoms with Crippen LogP contribution in [0.3, 0.4) is 0 Å². The number of thiocarbonyl (C=S) groups is 1. The minimum absolute atomic E-state index is 0.330. The highest BCUT2D eigenvalue weighted by Crippen LogP contribution is 2.40. The normalized spacial score (nSPS) is 15.7. The molecule has 1 atom stereocenters. The molecule has 0 aliphatic carbocycles. The second-order valence-corrected chi connectivity index (χ2v) is 8.12. The zero-order valence-corrected chi connectivity index (χ0v) is 21.4. The van der Waals surface area contributed by atoms with Gasteiger partial charge >= 0.3 is 0 Å². The quantitative estimate of drug-likeness (QED) is 0.451. The number of methoxy groups -OCH3 is 4. The molecule has 0 saturated heterocycles. The Morgan fingerprint density at radius 2 is 1.57 bits per heavy atom. The lowest BCUT2D eigenvalue weighted by Gasteiger charge is -2.36. The topological polar surface area (TPSA) is 91.1 Å². The van der Waals surface area contributed by atoms with Gasteiger partial charge in [-0.25, -0.2) is 0 Å². The van der Waals surface area contributed by atoms with Crippen LogP contribution in [0, 0.1) is 0 Å². The predicted molar refractivity (Wildman–Crippen MR) is 136 cm³/mol. The van der Waals surface area contributed by atoms with Crippen LogP contribution in [-0.4, -0.2) is 55.1 Å². The third-order valence-corrected chi connectivity index (χ3v) is 6.29. The third-order valence-electron chi connectivity index (χ3n) is 5.95. The fraction of sp³-hybridized carbons (Fsp3) is 0.320. The Morgan fingerprint density at radius 3 is 2.20 bits per heavy atom. The fourth-order valence-electron chi connectivity index (χ4n) is 4.15. The molecule has 10 heteroatoms. The largest absolute Gasteiger partial charge is 0.493 e. The Labute approximate surface area is 209 Å². The zero-order chi connectivity index (χ0) is 25.1. The van der Waals surface area contributed by atoms with Crippen LogP contribution in [0.25, 0.3) is 17.0 Å². The first kappa shape index (κ1) is 24.3. The Bertz CT molecular complexity index is 1270.